The molecule has 0 unspecified atom stereocenters. The molecule has 0 aromatic heterocycles. The fourth-order valence-electron chi connectivity index (χ4n) is 3.14. The van der Waals surface area contributed by atoms with E-state index in [4.69, 9.17) is 28.5 Å². The number of nitrogens with zero attached hydrogens (tertiary/aromatic N) is 1. The van der Waals surface area contributed by atoms with Crippen molar-refractivity contribution in [3.05, 3.63) is 12.2 Å². The quantitative estimate of drug-likeness (QED) is 0.153. The normalized spacial score (nSPS) is 17.7. The van der Waals surface area contributed by atoms with Gasteiger partial charge < -0.3 is 29.0 Å². The number of amides is 3. The van der Waals surface area contributed by atoms with E-state index in [1.807, 2.05) is 20.8 Å². The average Bonchev–Trinajstić information content (AvgIpc) is 3.04. The summed E-state index contributed by atoms with van der Waals surface area (Å²) in [7, 11) is 1.54. The molecule has 1 aliphatic heterocycles. The van der Waals surface area contributed by atoms with E-state index in [9.17, 15) is 19.2 Å². The fraction of sp³-hybridized carbons (Fsp3) is 0.778. The van der Waals surface area contributed by atoms with Crippen LogP contribution in [0.15, 0.2) is 12.2 Å². The van der Waals surface area contributed by atoms with Crippen molar-refractivity contribution in [2.75, 3.05) is 20.3 Å². The SMILES string of the molecule is CC(=O)O[C@H](/C=C/CONC(=O)OC(C)(C)C)[C@@H]1COC(C)(C)N1C(=O)OC(C)(C)C.CNC(=O)OC(C)(C)C. The maximum absolute atomic E-state index is 12.8. The molecule has 0 aromatic rings. The van der Waals surface area contributed by atoms with Gasteiger partial charge in [-0.2, -0.15) is 5.48 Å². The summed E-state index contributed by atoms with van der Waals surface area (Å²) in [5, 5.41) is 2.36. The van der Waals surface area contributed by atoms with Crippen LogP contribution in [0.5, 0.6) is 0 Å². The van der Waals surface area contributed by atoms with Crippen LogP contribution in [0, 0.1) is 0 Å². The largest absolute Gasteiger partial charge is 0.456 e. The van der Waals surface area contributed by atoms with E-state index in [0.29, 0.717) is 0 Å². The summed E-state index contributed by atoms with van der Waals surface area (Å²) in [5.74, 6) is -0.517. The molecule has 1 aliphatic rings. The van der Waals surface area contributed by atoms with E-state index < -0.39 is 47.2 Å². The number of alkyl carbamates (subject to hydrolysis) is 1. The van der Waals surface area contributed by atoms with Crippen molar-refractivity contribution in [1.82, 2.24) is 15.7 Å². The molecule has 0 radical (unpaired) electrons. The molecule has 13 nitrogen and oxygen atoms in total. The van der Waals surface area contributed by atoms with Crippen molar-refractivity contribution in [2.24, 2.45) is 0 Å². The number of nitrogens with one attached hydrogen (secondary N) is 2. The molecule has 1 fully saturated rings. The maximum Gasteiger partial charge on any atom is 0.431 e. The van der Waals surface area contributed by atoms with Gasteiger partial charge in [0.2, 0.25) is 0 Å². The predicted molar refractivity (Wildman–Crippen MR) is 147 cm³/mol. The number of rotatable bonds is 6. The number of carbonyl (C=O) groups is 4. The smallest absolute Gasteiger partial charge is 0.431 e. The van der Waals surface area contributed by atoms with Gasteiger partial charge in [-0.15, -0.1) is 0 Å². The monoisotopic (exact) mass is 575 g/mol. The number of ether oxygens (including phenoxy) is 5. The lowest BCUT2D eigenvalue weighted by Crippen LogP contribution is -2.53. The van der Waals surface area contributed by atoms with Crippen LogP contribution in [0.4, 0.5) is 14.4 Å². The first-order chi connectivity index (χ1) is 18.0. The molecule has 2 N–H and O–H groups in total. The van der Waals surface area contributed by atoms with Crippen LogP contribution in [0.25, 0.3) is 0 Å². The molecule has 40 heavy (non-hydrogen) atoms. The van der Waals surface area contributed by atoms with Crippen LogP contribution >= 0.6 is 0 Å². The zero-order valence-electron chi connectivity index (χ0n) is 26.3. The highest BCUT2D eigenvalue weighted by Gasteiger charge is 2.49. The zero-order valence-corrected chi connectivity index (χ0v) is 26.3. The van der Waals surface area contributed by atoms with E-state index in [0.717, 1.165) is 0 Å². The van der Waals surface area contributed by atoms with Gasteiger partial charge in [0.25, 0.3) is 0 Å². The number of hydrogen-bond acceptors (Lipinski definition) is 10. The van der Waals surface area contributed by atoms with Gasteiger partial charge in [-0.25, -0.2) is 14.4 Å². The Kier molecular flexibility index (Phi) is 13.9. The minimum atomic E-state index is -0.950. The highest BCUT2D eigenvalue weighted by Crippen LogP contribution is 2.32. The van der Waals surface area contributed by atoms with Gasteiger partial charge in [0.05, 0.1) is 13.2 Å². The van der Waals surface area contributed by atoms with Gasteiger partial charge in [0, 0.05) is 14.0 Å². The second-order valence-electron chi connectivity index (χ2n) is 12.3. The number of esters is 1. The predicted octanol–water partition coefficient (Wildman–Crippen LogP) is 4.44. The van der Waals surface area contributed by atoms with Crippen molar-refractivity contribution < 1.29 is 47.7 Å². The topological polar surface area (TPSA) is 151 Å². The minimum absolute atomic E-state index is 0.0135. The second kappa shape index (κ2) is 15.1. The lowest BCUT2D eigenvalue weighted by molar-refractivity contribution is -0.147. The van der Waals surface area contributed by atoms with Crippen molar-refractivity contribution in [3.63, 3.8) is 0 Å². The third-order valence-corrected chi connectivity index (χ3v) is 4.45. The van der Waals surface area contributed by atoms with Crippen molar-refractivity contribution in [3.8, 4) is 0 Å². The van der Waals surface area contributed by atoms with Crippen LogP contribution in [0.1, 0.15) is 83.1 Å². The van der Waals surface area contributed by atoms with Crippen molar-refractivity contribution in [1.29, 1.82) is 0 Å². The molecule has 0 spiro atoms. The van der Waals surface area contributed by atoms with Gasteiger partial charge >= 0.3 is 24.2 Å². The molecule has 232 valence electrons. The van der Waals surface area contributed by atoms with Gasteiger partial charge in [-0.3, -0.25) is 14.5 Å². The Labute approximate surface area is 238 Å². The first-order valence-corrected chi connectivity index (χ1v) is 13.0. The number of hydrogen-bond donors (Lipinski definition) is 2. The lowest BCUT2D eigenvalue weighted by atomic mass is 10.1. The molecule has 1 rings (SSSR count). The number of carbonyl (C=O) groups excluding carboxylic acids is 4. The summed E-state index contributed by atoms with van der Waals surface area (Å²) in [6.07, 6.45) is 0.640. The van der Waals surface area contributed by atoms with Crippen LogP contribution in [-0.4, -0.2) is 84.1 Å². The van der Waals surface area contributed by atoms with Gasteiger partial charge in [-0.1, -0.05) is 6.08 Å². The van der Waals surface area contributed by atoms with E-state index >= 15 is 0 Å². The Bertz CT molecular complexity index is 882. The minimum Gasteiger partial charge on any atom is -0.456 e. The molecule has 0 saturated carbocycles. The van der Waals surface area contributed by atoms with Crippen LogP contribution in [-0.2, 0) is 33.3 Å². The van der Waals surface area contributed by atoms with Gasteiger partial charge in [0.15, 0.2) is 0 Å². The van der Waals surface area contributed by atoms with E-state index in [1.54, 1.807) is 67.5 Å². The molecular weight excluding hydrogens is 526 g/mol. The van der Waals surface area contributed by atoms with Gasteiger partial charge in [0.1, 0.15) is 34.7 Å². The van der Waals surface area contributed by atoms with Crippen LogP contribution in [0.2, 0.25) is 0 Å². The third-order valence-electron chi connectivity index (χ3n) is 4.45. The summed E-state index contributed by atoms with van der Waals surface area (Å²) in [4.78, 5) is 53.0. The molecule has 2 atom stereocenters. The van der Waals surface area contributed by atoms with Crippen LogP contribution in [0.3, 0.4) is 0 Å². The molecule has 1 heterocycles. The summed E-state index contributed by atoms with van der Waals surface area (Å²) in [6, 6.07) is -0.608. The molecular formula is C27H49N3O10. The molecule has 1 saturated heterocycles. The highest BCUT2D eigenvalue weighted by molar-refractivity contribution is 5.70. The Morgan fingerprint density at radius 2 is 1.43 bits per heavy atom. The van der Waals surface area contributed by atoms with E-state index in [1.165, 1.54) is 18.9 Å². The molecule has 13 heteroatoms. The Morgan fingerprint density at radius 1 is 0.925 bits per heavy atom. The standard InChI is InChI=1S/C21H36N2O8.C6H13NO2/c1-14(24)29-16(11-10-12-28-22-17(25)30-19(2,3)4)15-13-27-21(8,9)23(15)18(26)31-20(5,6)7;1-6(2,3)9-5(8)7-4/h10-11,15-16H,12-13H2,1-9H3,(H,22,25);1-4H3,(H,7,8)/b11-10+;/t15-,16+;/m0./s1. The van der Waals surface area contributed by atoms with Gasteiger partial charge in [-0.05, 0) is 82.2 Å². The van der Waals surface area contributed by atoms with E-state index in [-0.39, 0.29) is 24.9 Å². The Hall–Kier alpha value is -3.06. The van der Waals surface area contributed by atoms with Crippen LogP contribution < -0.4 is 10.8 Å². The lowest BCUT2D eigenvalue weighted by Gasteiger charge is -2.36. The summed E-state index contributed by atoms with van der Waals surface area (Å²) < 4.78 is 26.6. The summed E-state index contributed by atoms with van der Waals surface area (Å²) >= 11 is 0. The molecule has 0 bridgehead atoms. The van der Waals surface area contributed by atoms with Crippen molar-refractivity contribution in [2.45, 2.75) is 118 Å². The van der Waals surface area contributed by atoms with E-state index in [2.05, 4.69) is 10.8 Å². The number of hydroxylamine groups is 1. The first kappa shape index (κ1) is 36.9. The Morgan fingerprint density at radius 3 is 1.85 bits per heavy atom. The third kappa shape index (κ3) is 16.1. The second-order valence-corrected chi connectivity index (χ2v) is 12.3. The zero-order chi connectivity index (χ0) is 31.5. The summed E-state index contributed by atoms with van der Waals surface area (Å²) in [5.41, 5.74) is -0.528. The first-order valence-electron chi connectivity index (χ1n) is 13.0. The molecule has 0 aromatic carbocycles. The van der Waals surface area contributed by atoms with Crippen molar-refractivity contribution >= 4 is 24.2 Å². The average molecular weight is 576 g/mol. The fourth-order valence-corrected chi connectivity index (χ4v) is 3.14. The Balaban J connectivity index is 0.00000144. The maximum atomic E-state index is 12.8. The highest BCUT2D eigenvalue weighted by atomic mass is 16.7. The molecule has 3 amide bonds. The molecule has 0 aliphatic carbocycles. The summed E-state index contributed by atoms with van der Waals surface area (Å²) in [6.45, 7) is 20.8.